The minimum absolute atomic E-state index is 0.339. The molecule has 0 amide bonds. The second-order valence-corrected chi connectivity index (χ2v) is 6.65. The van der Waals surface area contributed by atoms with Gasteiger partial charge in [-0.05, 0) is 42.1 Å². The normalized spacial score (nSPS) is 10.8. The highest BCUT2D eigenvalue weighted by Crippen LogP contribution is 2.22. The molecule has 0 spiro atoms. The molecular weight excluding hydrogens is 351 g/mol. The molecule has 0 fully saturated rings. The Morgan fingerprint density at radius 3 is 2.81 bits per heavy atom. The molecule has 0 atom stereocenters. The summed E-state index contributed by atoms with van der Waals surface area (Å²) in [5.74, 6) is 1.14. The van der Waals surface area contributed by atoms with Crippen LogP contribution in [-0.4, -0.2) is 21.7 Å². The summed E-state index contributed by atoms with van der Waals surface area (Å²) in [5.41, 5.74) is 1.28. The molecule has 0 saturated carbocycles. The average Bonchev–Trinajstić information content (AvgIpc) is 3.34. The highest BCUT2D eigenvalue weighted by atomic mass is 32.1. The minimum atomic E-state index is -0.339. The largest absolute Gasteiger partial charge is 0.370 e. The van der Waals surface area contributed by atoms with Crippen molar-refractivity contribution in [1.82, 2.24) is 15.1 Å². The van der Waals surface area contributed by atoms with E-state index in [0.29, 0.717) is 22.8 Å². The van der Waals surface area contributed by atoms with E-state index in [9.17, 15) is 4.39 Å². The first kappa shape index (κ1) is 16.4. The van der Waals surface area contributed by atoms with Gasteiger partial charge in [0, 0.05) is 23.2 Å². The molecule has 0 saturated heterocycles. The van der Waals surface area contributed by atoms with E-state index in [0.717, 1.165) is 18.8 Å². The minimum Gasteiger partial charge on any atom is -0.370 e. The third kappa shape index (κ3) is 3.78. The molecule has 0 radical (unpaired) electrons. The molecule has 1 aromatic carbocycles. The Bertz CT molecular complexity index is 983. The number of thiophene rings is 1. The SMILES string of the molecule is Fc1cccc(-c2noc(-c3ccc(NCCc4cccs4)nc3)n2)c1. The molecule has 4 rings (SSSR count). The predicted octanol–water partition coefficient (Wildman–Crippen LogP) is 4.65. The number of anilines is 1. The standard InChI is InChI=1S/C19H15FN4OS/c20-15-4-1-3-13(11-15)18-23-19(25-24-18)14-6-7-17(22-12-14)21-9-8-16-5-2-10-26-16/h1-7,10-12H,8-9H2,(H,21,22). The first-order valence-corrected chi connectivity index (χ1v) is 8.98. The average molecular weight is 366 g/mol. The number of aromatic nitrogens is 3. The Hall–Kier alpha value is -3.06. The Balaban J connectivity index is 1.42. The summed E-state index contributed by atoms with van der Waals surface area (Å²) >= 11 is 1.75. The zero-order valence-corrected chi connectivity index (χ0v) is 14.5. The van der Waals surface area contributed by atoms with Crippen LogP contribution in [0.5, 0.6) is 0 Å². The van der Waals surface area contributed by atoms with E-state index < -0.39 is 0 Å². The molecule has 4 aromatic rings. The summed E-state index contributed by atoms with van der Waals surface area (Å²) in [6.45, 7) is 0.817. The number of hydrogen-bond acceptors (Lipinski definition) is 6. The van der Waals surface area contributed by atoms with Gasteiger partial charge < -0.3 is 9.84 Å². The van der Waals surface area contributed by atoms with Crippen LogP contribution < -0.4 is 5.32 Å². The molecule has 7 heteroatoms. The highest BCUT2D eigenvalue weighted by Gasteiger charge is 2.11. The molecule has 3 aromatic heterocycles. The van der Waals surface area contributed by atoms with Crippen LogP contribution >= 0.6 is 11.3 Å². The highest BCUT2D eigenvalue weighted by molar-refractivity contribution is 7.09. The van der Waals surface area contributed by atoms with Crippen molar-refractivity contribution in [2.75, 3.05) is 11.9 Å². The van der Waals surface area contributed by atoms with Gasteiger partial charge in [0.15, 0.2) is 0 Å². The maximum absolute atomic E-state index is 13.3. The molecule has 1 N–H and O–H groups in total. The maximum atomic E-state index is 13.3. The number of nitrogens with zero attached hydrogens (tertiary/aromatic N) is 3. The van der Waals surface area contributed by atoms with E-state index in [1.54, 1.807) is 29.7 Å². The third-order valence-corrected chi connectivity index (χ3v) is 4.71. The van der Waals surface area contributed by atoms with Crippen molar-refractivity contribution in [3.63, 3.8) is 0 Å². The lowest BCUT2D eigenvalue weighted by Gasteiger charge is -2.04. The molecule has 3 heterocycles. The molecule has 0 aliphatic heterocycles. The van der Waals surface area contributed by atoms with Gasteiger partial charge in [0.1, 0.15) is 11.6 Å². The van der Waals surface area contributed by atoms with Crippen LogP contribution in [0.1, 0.15) is 4.88 Å². The van der Waals surface area contributed by atoms with Gasteiger partial charge >= 0.3 is 0 Å². The van der Waals surface area contributed by atoms with Gasteiger partial charge in [-0.2, -0.15) is 4.98 Å². The van der Waals surface area contributed by atoms with Crippen molar-refractivity contribution < 1.29 is 8.91 Å². The van der Waals surface area contributed by atoms with Crippen molar-refractivity contribution >= 4 is 17.2 Å². The van der Waals surface area contributed by atoms with Gasteiger partial charge in [-0.25, -0.2) is 9.37 Å². The first-order chi connectivity index (χ1) is 12.8. The number of nitrogens with one attached hydrogen (secondary N) is 1. The fourth-order valence-corrected chi connectivity index (χ4v) is 3.19. The summed E-state index contributed by atoms with van der Waals surface area (Å²) in [7, 11) is 0. The second-order valence-electron chi connectivity index (χ2n) is 5.62. The summed E-state index contributed by atoms with van der Waals surface area (Å²) < 4.78 is 18.6. The quantitative estimate of drug-likeness (QED) is 0.538. The fourth-order valence-electron chi connectivity index (χ4n) is 2.48. The summed E-state index contributed by atoms with van der Waals surface area (Å²) in [6.07, 6.45) is 2.64. The lowest BCUT2D eigenvalue weighted by atomic mass is 10.2. The van der Waals surface area contributed by atoms with E-state index in [1.165, 1.54) is 17.0 Å². The van der Waals surface area contributed by atoms with Gasteiger partial charge in [-0.3, -0.25) is 0 Å². The molecule has 130 valence electrons. The maximum Gasteiger partial charge on any atom is 0.259 e. The van der Waals surface area contributed by atoms with E-state index >= 15 is 0 Å². The van der Waals surface area contributed by atoms with Gasteiger partial charge in [0.2, 0.25) is 5.82 Å². The summed E-state index contributed by atoms with van der Waals surface area (Å²) in [4.78, 5) is 10.0. The van der Waals surface area contributed by atoms with E-state index in [1.807, 2.05) is 12.1 Å². The second kappa shape index (κ2) is 7.45. The van der Waals surface area contributed by atoms with E-state index in [-0.39, 0.29) is 5.82 Å². The van der Waals surface area contributed by atoms with E-state index in [4.69, 9.17) is 4.52 Å². The van der Waals surface area contributed by atoms with Crippen molar-refractivity contribution in [2.24, 2.45) is 0 Å². The van der Waals surface area contributed by atoms with Crippen molar-refractivity contribution in [1.29, 1.82) is 0 Å². The Labute approximate surface area is 153 Å². The van der Waals surface area contributed by atoms with Crippen LogP contribution in [0, 0.1) is 5.82 Å². The van der Waals surface area contributed by atoms with Crippen LogP contribution in [0.25, 0.3) is 22.8 Å². The van der Waals surface area contributed by atoms with Crippen LogP contribution in [-0.2, 0) is 6.42 Å². The summed E-state index contributed by atoms with van der Waals surface area (Å²) in [5, 5.41) is 9.27. The fraction of sp³-hybridized carbons (Fsp3) is 0.105. The van der Waals surface area contributed by atoms with Gasteiger partial charge in [0.25, 0.3) is 5.89 Å². The Kier molecular flexibility index (Phi) is 4.70. The lowest BCUT2D eigenvalue weighted by Crippen LogP contribution is -2.05. The molecule has 0 bridgehead atoms. The number of hydrogen-bond donors (Lipinski definition) is 1. The van der Waals surface area contributed by atoms with Gasteiger partial charge in [0.05, 0.1) is 5.56 Å². The predicted molar refractivity (Wildman–Crippen MR) is 99.4 cm³/mol. The van der Waals surface area contributed by atoms with Crippen molar-refractivity contribution in [3.8, 4) is 22.8 Å². The molecule has 0 aliphatic rings. The van der Waals surface area contributed by atoms with Crippen LogP contribution in [0.15, 0.2) is 64.6 Å². The monoisotopic (exact) mass is 366 g/mol. The van der Waals surface area contributed by atoms with Crippen LogP contribution in [0.4, 0.5) is 10.2 Å². The smallest absolute Gasteiger partial charge is 0.259 e. The molecule has 26 heavy (non-hydrogen) atoms. The number of benzene rings is 1. The summed E-state index contributed by atoms with van der Waals surface area (Å²) in [6, 6.07) is 14.0. The lowest BCUT2D eigenvalue weighted by molar-refractivity contribution is 0.432. The van der Waals surface area contributed by atoms with E-state index in [2.05, 4.69) is 38.0 Å². The number of halogens is 1. The van der Waals surface area contributed by atoms with Gasteiger partial charge in [-0.1, -0.05) is 23.4 Å². The zero-order chi connectivity index (χ0) is 17.8. The Morgan fingerprint density at radius 1 is 1.08 bits per heavy atom. The van der Waals surface area contributed by atoms with Crippen molar-refractivity contribution in [2.45, 2.75) is 6.42 Å². The third-order valence-electron chi connectivity index (χ3n) is 3.78. The van der Waals surface area contributed by atoms with Crippen LogP contribution in [0.2, 0.25) is 0 Å². The zero-order valence-electron chi connectivity index (χ0n) is 13.7. The molecule has 0 unspecified atom stereocenters. The van der Waals surface area contributed by atoms with Crippen molar-refractivity contribution in [3.05, 3.63) is 70.8 Å². The Morgan fingerprint density at radius 2 is 2.04 bits per heavy atom. The molecular formula is C19H15FN4OS. The molecule has 0 aliphatic carbocycles. The van der Waals surface area contributed by atoms with Gasteiger partial charge in [-0.15, -0.1) is 11.3 Å². The first-order valence-electron chi connectivity index (χ1n) is 8.10. The number of pyridine rings is 1. The molecule has 5 nitrogen and oxygen atoms in total. The van der Waals surface area contributed by atoms with Crippen LogP contribution in [0.3, 0.4) is 0 Å². The topological polar surface area (TPSA) is 63.8 Å². The number of rotatable bonds is 6.